The summed E-state index contributed by atoms with van der Waals surface area (Å²) >= 11 is 1.46. The lowest BCUT2D eigenvalue weighted by Crippen LogP contribution is -2.28. The number of aromatic nitrogens is 3. The van der Waals surface area contributed by atoms with Crippen molar-refractivity contribution in [1.29, 1.82) is 0 Å². The molecule has 0 saturated carbocycles. The van der Waals surface area contributed by atoms with Gasteiger partial charge in [0.25, 0.3) is 0 Å². The van der Waals surface area contributed by atoms with E-state index in [-0.39, 0.29) is 24.2 Å². The molecule has 7 nitrogen and oxygen atoms in total. The molecular formula is C22H19N5O2S. The Morgan fingerprint density at radius 3 is 2.67 bits per heavy atom. The minimum absolute atomic E-state index is 0.0517. The molecule has 2 aromatic heterocycles. The Morgan fingerprint density at radius 2 is 1.90 bits per heavy atom. The Bertz CT molecular complexity index is 1230. The van der Waals surface area contributed by atoms with E-state index >= 15 is 0 Å². The van der Waals surface area contributed by atoms with E-state index in [1.54, 1.807) is 9.42 Å². The Morgan fingerprint density at radius 1 is 1.13 bits per heavy atom. The van der Waals surface area contributed by atoms with Crippen LogP contribution in [0.3, 0.4) is 0 Å². The van der Waals surface area contributed by atoms with E-state index in [9.17, 15) is 9.59 Å². The van der Waals surface area contributed by atoms with Gasteiger partial charge in [0.05, 0.1) is 11.6 Å². The summed E-state index contributed by atoms with van der Waals surface area (Å²) in [5.74, 6) is -0.471. The number of rotatable bonds is 4. The first-order valence-electron chi connectivity index (χ1n) is 9.66. The lowest BCUT2D eigenvalue weighted by Gasteiger charge is -2.16. The fraction of sp³-hybridized carbons (Fsp3) is 0.182. The summed E-state index contributed by atoms with van der Waals surface area (Å²) < 4.78 is 1.73. The number of hydrogen-bond acceptors (Lipinski definition) is 5. The van der Waals surface area contributed by atoms with Gasteiger partial charge in [-0.05, 0) is 19.1 Å². The number of benzene rings is 2. The van der Waals surface area contributed by atoms with Gasteiger partial charge in [-0.15, -0.1) is 16.4 Å². The summed E-state index contributed by atoms with van der Waals surface area (Å²) in [5, 5.41) is 9.23. The molecule has 1 aliphatic rings. The first-order chi connectivity index (χ1) is 14.6. The smallest absolute Gasteiger partial charge is 0.250 e. The highest BCUT2D eigenvalue weighted by Gasteiger charge is 2.35. The maximum atomic E-state index is 12.8. The minimum atomic E-state index is -0.436. The predicted octanol–water partition coefficient (Wildman–Crippen LogP) is 3.76. The Kier molecular flexibility index (Phi) is 4.55. The summed E-state index contributed by atoms with van der Waals surface area (Å²) in [7, 11) is 0. The number of anilines is 2. The van der Waals surface area contributed by atoms with Crippen LogP contribution in [-0.4, -0.2) is 33.0 Å². The van der Waals surface area contributed by atoms with E-state index in [0.717, 1.165) is 22.5 Å². The molecule has 1 N–H and O–H groups in total. The molecule has 2 aromatic carbocycles. The quantitative estimate of drug-likeness (QED) is 0.548. The molecule has 0 spiro atoms. The van der Waals surface area contributed by atoms with Crippen molar-refractivity contribution in [2.75, 3.05) is 16.8 Å². The molecule has 5 rings (SSSR count). The van der Waals surface area contributed by atoms with Crippen molar-refractivity contribution in [2.24, 2.45) is 5.92 Å². The molecule has 1 unspecified atom stereocenters. The minimum Gasteiger partial charge on any atom is -0.312 e. The third-order valence-corrected chi connectivity index (χ3v) is 6.04. The van der Waals surface area contributed by atoms with Crippen LogP contribution in [0.5, 0.6) is 0 Å². The second-order valence-electron chi connectivity index (χ2n) is 7.35. The number of carbonyl (C=O) groups is 2. The summed E-state index contributed by atoms with van der Waals surface area (Å²) in [6.07, 6.45) is 0.178. The molecule has 150 valence electrons. The zero-order chi connectivity index (χ0) is 20.7. The molecule has 3 heterocycles. The van der Waals surface area contributed by atoms with E-state index in [1.807, 2.05) is 66.9 Å². The predicted molar refractivity (Wildman–Crippen MR) is 117 cm³/mol. The van der Waals surface area contributed by atoms with Crippen molar-refractivity contribution in [3.63, 3.8) is 0 Å². The standard InChI is InChI=1S/C22H19N5O2S/c1-14-7-9-17(10-8-14)26-12-16(11-19(26)28)20(29)23-21-24-22-27(25-21)18(13-30-22)15-5-3-2-4-6-15/h2-10,13,16H,11-12H2,1H3,(H,23,25,29). The van der Waals surface area contributed by atoms with Crippen molar-refractivity contribution in [3.8, 4) is 11.3 Å². The summed E-state index contributed by atoms with van der Waals surface area (Å²) in [4.78, 5) is 32.0. The van der Waals surface area contributed by atoms with Gasteiger partial charge < -0.3 is 4.90 Å². The Hall–Kier alpha value is -3.52. The third-order valence-electron chi connectivity index (χ3n) is 5.23. The number of amides is 2. The molecule has 1 atom stereocenters. The highest BCUT2D eigenvalue weighted by molar-refractivity contribution is 7.15. The zero-order valence-electron chi connectivity index (χ0n) is 16.3. The lowest BCUT2D eigenvalue weighted by atomic mass is 10.1. The molecule has 1 saturated heterocycles. The summed E-state index contributed by atoms with van der Waals surface area (Å²) in [6.45, 7) is 2.35. The highest BCUT2D eigenvalue weighted by atomic mass is 32.1. The molecule has 0 aliphatic carbocycles. The van der Waals surface area contributed by atoms with Crippen LogP contribution in [0.2, 0.25) is 0 Å². The summed E-state index contributed by atoms with van der Waals surface area (Å²) in [5.41, 5.74) is 3.89. The van der Waals surface area contributed by atoms with Crippen LogP contribution in [0.4, 0.5) is 11.6 Å². The van der Waals surface area contributed by atoms with Crippen LogP contribution in [0.1, 0.15) is 12.0 Å². The van der Waals surface area contributed by atoms with E-state index in [2.05, 4.69) is 15.4 Å². The molecule has 30 heavy (non-hydrogen) atoms. The first kappa shape index (κ1) is 18.5. The number of nitrogens with one attached hydrogen (secondary N) is 1. The largest absolute Gasteiger partial charge is 0.312 e. The Balaban J connectivity index is 1.32. The number of aryl methyl sites for hydroxylation is 1. The normalized spacial score (nSPS) is 16.4. The molecule has 2 amide bonds. The van der Waals surface area contributed by atoms with Gasteiger partial charge in [0, 0.05) is 29.6 Å². The molecule has 8 heteroatoms. The third kappa shape index (κ3) is 3.35. The van der Waals surface area contributed by atoms with Crippen LogP contribution in [-0.2, 0) is 9.59 Å². The van der Waals surface area contributed by atoms with Gasteiger partial charge >= 0.3 is 0 Å². The van der Waals surface area contributed by atoms with Gasteiger partial charge in [-0.3, -0.25) is 14.9 Å². The highest BCUT2D eigenvalue weighted by Crippen LogP contribution is 2.28. The van der Waals surface area contributed by atoms with Gasteiger partial charge in [-0.1, -0.05) is 48.0 Å². The van der Waals surface area contributed by atoms with Crippen molar-refractivity contribution in [1.82, 2.24) is 14.6 Å². The summed E-state index contributed by atoms with van der Waals surface area (Å²) in [6, 6.07) is 17.6. The van der Waals surface area contributed by atoms with Crippen LogP contribution in [0.25, 0.3) is 16.2 Å². The number of carbonyl (C=O) groups excluding carboxylic acids is 2. The number of thiazole rings is 1. The van der Waals surface area contributed by atoms with Gasteiger partial charge in [-0.2, -0.15) is 4.98 Å². The van der Waals surface area contributed by atoms with E-state index in [1.165, 1.54) is 11.3 Å². The fourth-order valence-electron chi connectivity index (χ4n) is 3.61. The average Bonchev–Trinajstić information content (AvgIpc) is 3.43. The second kappa shape index (κ2) is 7.38. The van der Waals surface area contributed by atoms with Gasteiger partial charge in [0.2, 0.25) is 22.7 Å². The zero-order valence-corrected chi connectivity index (χ0v) is 17.1. The van der Waals surface area contributed by atoms with E-state index in [4.69, 9.17) is 0 Å². The van der Waals surface area contributed by atoms with Crippen molar-refractivity contribution < 1.29 is 9.59 Å². The van der Waals surface area contributed by atoms with Crippen LogP contribution >= 0.6 is 11.3 Å². The lowest BCUT2D eigenvalue weighted by molar-refractivity contribution is -0.122. The molecular weight excluding hydrogens is 398 g/mol. The van der Waals surface area contributed by atoms with Gasteiger partial charge in [-0.25, -0.2) is 4.52 Å². The van der Waals surface area contributed by atoms with Gasteiger partial charge in [0.15, 0.2) is 0 Å². The van der Waals surface area contributed by atoms with Crippen molar-refractivity contribution >= 4 is 39.7 Å². The SMILES string of the molecule is Cc1ccc(N2CC(C(=O)Nc3nc4scc(-c5ccccc5)n4n3)CC2=O)cc1. The molecule has 1 fully saturated rings. The topological polar surface area (TPSA) is 79.6 Å². The molecule has 0 bridgehead atoms. The number of nitrogens with zero attached hydrogens (tertiary/aromatic N) is 4. The fourth-order valence-corrected chi connectivity index (χ4v) is 4.44. The molecule has 0 radical (unpaired) electrons. The van der Waals surface area contributed by atoms with Crippen LogP contribution in [0, 0.1) is 12.8 Å². The first-order valence-corrected chi connectivity index (χ1v) is 10.5. The van der Waals surface area contributed by atoms with Crippen molar-refractivity contribution in [3.05, 3.63) is 65.5 Å². The van der Waals surface area contributed by atoms with Gasteiger partial charge in [0.1, 0.15) is 0 Å². The maximum absolute atomic E-state index is 12.8. The van der Waals surface area contributed by atoms with Crippen LogP contribution < -0.4 is 10.2 Å². The number of fused-ring (bicyclic) bond motifs is 1. The molecule has 1 aliphatic heterocycles. The van der Waals surface area contributed by atoms with Crippen LogP contribution in [0.15, 0.2) is 60.0 Å². The second-order valence-corrected chi connectivity index (χ2v) is 8.18. The monoisotopic (exact) mass is 417 g/mol. The maximum Gasteiger partial charge on any atom is 0.250 e. The van der Waals surface area contributed by atoms with E-state index < -0.39 is 5.92 Å². The molecule has 4 aromatic rings. The number of hydrogen-bond donors (Lipinski definition) is 1. The average molecular weight is 417 g/mol. The Labute approximate surface area is 177 Å². The van der Waals surface area contributed by atoms with Crippen molar-refractivity contribution in [2.45, 2.75) is 13.3 Å². The van der Waals surface area contributed by atoms with E-state index in [0.29, 0.717) is 11.5 Å².